The van der Waals surface area contributed by atoms with Crippen molar-refractivity contribution in [2.75, 3.05) is 0 Å². The third-order valence-electron chi connectivity index (χ3n) is 0. The molecule has 5 heavy (non-hydrogen) atoms. The molecule has 0 saturated heterocycles. The van der Waals surface area contributed by atoms with E-state index in [-0.39, 0.29) is 132 Å². The van der Waals surface area contributed by atoms with Crippen LogP contribution in [0.3, 0.4) is 0 Å². The van der Waals surface area contributed by atoms with Gasteiger partial charge in [-0.2, -0.15) is 0 Å². The van der Waals surface area contributed by atoms with E-state index in [1.807, 2.05) is 0 Å². The monoisotopic (exact) mass is 288 g/mol. The Hall–Kier alpha value is 4.10. The summed E-state index contributed by atoms with van der Waals surface area (Å²) < 4.78 is 0. The minimum absolute atomic E-state index is 0. The molecule has 0 aliphatic heterocycles. The summed E-state index contributed by atoms with van der Waals surface area (Å²) in [5.74, 6) is 0. The maximum atomic E-state index is 0. The summed E-state index contributed by atoms with van der Waals surface area (Å²) >= 11 is 0. The first kappa shape index (κ1) is 35.5. The molecule has 12 radical (unpaired) electrons. The smallest absolute Gasteiger partial charge is 0 e. The molecular weight excluding hydrogens is 287 g/mol. The molecule has 0 saturated carbocycles. The first-order chi connectivity index (χ1) is 0. The summed E-state index contributed by atoms with van der Waals surface area (Å²) in [4.78, 5) is 0. The van der Waals surface area contributed by atoms with Crippen molar-refractivity contribution in [3.05, 3.63) is 0 Å². The standard InChI is InChI=1S/Al.Ba.Ca.Mn.Si. The van der Waals surface area contributed by atoms with E-state index in [4.69, 9.17) is 0 Å². The normalized spacial score (nSPS) is 0. The SMILES string of the molecule is [Al].[Ba].[Ca].[Mn].[Si]. The fourth-order valence-electron chi connectivity index (χ4n) is 0. The van der Waals surface area contributed by atoms with E-state index < -0.39 is 0 Å². The minimum atomic E-state index is 0. The van der Waals surface area contributed by atoms with Gasteiger partial charge >= 0.3 is 0 Å². The van der Waals surface area contributed by atoms with Gasteiger partial charge in [-0.05, 0) is 0 Å². The zero-order valence-corrected chi connectivity index (χ0v) is 12.9. The van der Waals surface area contributed by atoms with Crippen molar-refractivity contribution in [3.63, 3.8) is 0 Å². The van der Waals surface area contributed by atoms with Crippen molar-refractivity contribution in [3.8, 4) is 0 Å². The number of hydrogen-bond donors (Lipinski definition) is 0. The molecule has 0 unspecified atom stereocenters. The molecule has 0 fully saturated rings. The molecule has 0 nitrogen and oxygen atoms in total. The molecule has 18 valence electrons. The molecular formula is AlBaCaMnSi. The van der Waals surface area contributed by atoms with Gasteiger partial charge in [-0.1, -0.05) is 0 Å². The predicted molar refractivity (Wildman–Crippen MR) is 23.0 cm³/mol. The Morgan fingerprint density at radius 2 is 1.00 bits per heavy atom. The van der Waals surface area contributed by atoms with E-state index >= 15 is 0 Å². The van der Waals surface area contributed by atoms with Gasteiger partial charge < -0.3 is 0 Å². The molecule has 0 aliphatic carbocycles. The third-order valence-corrected chi connectivity index (χ3v) is 0. The molecule has 0 aromatic carbocycles. The van der Waals surface area contributed by atoms with E-state index in [1.54, 1.807) is 0 Å². The van der Waals surface area contributed by atoms with Gasteiger partial charge in [0.05, 0.1) is 0 Å². The van der Waals surface area contributed by atoms with E-state index in [1.165, 1.54) is 0 Å². The van der Waals surface area contributed by atoms with Crippen LogP contribution in [0.2, 0.25) is 0 Å². The molecule has 0 N–H and O–H groups in total. The zero-order chi connectivity index (χ0) is 0. The average Bonchev–Trinajstić information content (AvgIpc) is 0. The molecule has 5 heteroatoms. The molecule has 0 amide bonds. The van der Waals surface area contributed by atoms with Gasteiger partial charge in [0.2, 0.25) is 0 Å². The summed E-state index contributed by atoms with van der Waals surface area (Å²) in [5, 5.41) is 0. The van der Waals surface area contributed by atoms with Crippen molar-refractivity contribution in [1.82, 2.24) is 0 Å². The largest absolute Gasteiger partial charge is 0 e. The molecule has 0 bridgehead atoms. The van der Waals surface area contributed by atoms with Gasteiger partial charge in [-0.3, -0.25) is 0 Å². The number of hydrogen-bond acceptors (Lipinski definition) is 0. The number of rotatable bonds is 0. The maximum Gasteiger partial charge on any atom is 0 e. The van der Waals surface area contributed by atoms with E-state index in [0.717, 1.165) is 0 Å². The molecule has 0 spiro atoms. The van der Waals surface area contributed by atoms with Crippen LogP contribution in [0.4, 0.5) is 0 Å². The quantitative estimate of drug-likeness (QED) is 0.475. The molecule has 0 aromatic rings. The first-order valence-electron chi connectivity index (χ1n) is 0. The molecule has 0 atom stereocenters. The summed E-state index contributed by atoms with van der Waals surface area (Å²) in [6, 6.07) is 0. The topological polar surface area (TPSA) is 0 Å². The van der Waals surface area contributed by atoms with Crippen molar-refractivity contribution >= 4 is 115 Å². The van der Waals surface area contributed by atoms with Crippen LogP contribution in [0, 0.1) is 0 Å². The Morgan fingerprint density at radius 1 is 1.00 bits per heavy atom. The maximum absolute atomic E-state index is 0. The summed E-state index contributed by atoms with van der Waals surface area (Å²) in [5.41, 5.74) is 0. The molecule has 0 aliphatic rings. The van der Waals surface area contributed by atoms with E-state index in [0.29, 0.717) is 0 Å². The average molecular weight is 287 g/mol. The summed E-state index contributed by atoms with van der Waals surface area (Å²) in [6.45, 7) is 0. The van der Waals surface area contributed by atoms with Crippen LogP contribution < -0.4 is 0 Å². The van der Waals surface area contributed by atoms with Crippen LogP contribution in [-0.2, 0) is 17.1 Å². The fourth-order valence-corrected chi connectivity index (χ4v) is 0. The van der Waals surface area contributed by atoms with Crippen LogP contribution in [0.15, 0.2) is 0 Å². The van der Waals surface area contributed by atoms with Crippen molar-refractivity contribution in [2.45, 2.75) is 0 Å². The Kier molecular flexibility index (Phi) is 173. The Bertz CT molecular complexity index is 11.6. The van der Waals surface area contributed by atoms with Gasteiger partial charge in [0.25, 0.3) is 0 Å². The van der Waals surface area contributed by atoms with Crippen LogP contribution in [0.1, 0.15) is 0 Å². The second-order valence-electron chi connectivity index (χ2n) is 0. The summed E-state index contributed by atoms with van der Waals surface area (Å²) in [7, 11) is 0. The van der Waals surface area contributed by atoms with Crippen LogP contribution >= 0.6 is 0 Å². The Labute approximate surface area is 128 Å². The fraction of sp³-hybridized carbons (Fsp3) is 0. The van der Waals surface area contributed by atoms with Crippen molar-refractivity contribution in [1.29, 1.82) is 0 Å². The van der Waals surface area contributed by atoms with Gasteiger partial charge in [0.1, 0.15) is 0 Å². The molecule has 0 heterocycles. The Balaban J connectivity index is 0. The van der Waals surface area contributed by atoms with Crippen LogP contribution in [0.25, 0.3) is 0 Å². The Morgan fingerprint density at radius 3 is 1.00 bits per heavy atom. The second kappa shape index (κ2) is 24.3. The molecule has 0 aromatic heterocycles. The summed E-state index contributed by atoms with van der Waals surface area (Å²) in [6.07, 6.45) is 0. The van der Waals surface area contributed by atoms with Crippen LogP contribution in [0.5, 0.6) is 0 Å². The van der Waals surface area contributed by atoms with Gasteiger partial charge in [-0.25, -0.2) is 0 Å². The van der Waals surface area contributed by atoms with Gasteiger partial charge in [0.15, 0.2) is 0 Å². The van der Waals surface area contributed by atoms with Crippen LogP contribution in [-0.4, -0.2) is 115 Å². The van der Waals surface area contributed by atoms with E-state index in [2.05, 4.69) is 0 Å². The molecule has 0 rings (SSSR count). The zero-order valence-electron chi connectivity index (χ0n) is 2.87. The van der Waals surface area contributed by atoms with Gasteiger partial charge in [0, 0.05) is 132 Å². The van der Waals surface area contributed by atoms with E-state index in [9.17, 15) is 0 Å². The van der Waals surface area contributed by atoms with Crippen molar-refractivity contribution < 1.29 is 17.1 Å². The second-order valence-corrected chi connectivity index (χ2v) is 0. The van der Waals surface area contributed by atoms with Gasteiger partial charge in [-0.15, -0.1) is 0 Å². The first-order valence-corrected chi connectivity index (χ1v) is 0. The predicted octanol–water partition coefficient (Wildman–Crippen LogP) is -1.53. The third kappa shape index (κ3) is 17.9. The van der Waals surface area contributed by atoms with Crippen molar-refractivity contribution in [2.24, 2.45) is 0 Å². The minimum Gasteiger partial charge on any atom is 0 e.